The Labute approximate surface area is 248 Å². The Morgan fingerprint density at radius 1 is 1.02 bits per heavy atom. The van der Waals surface area contributed by atoms with Crippen molar-refractivity contribution in [1.82, 2.24) is 9.55 Å². The first-order chi connectivity index (χ1) is 21.3. The van der Waals surface area contributed by atoms with Crippen LogP contribution in [0, 0.1) is 28.8 Å². The molecule has 44 heavy (non-hydrogen) atoms. The minimum absolute atomic E-state index is 0.0736. The molecule has 0 amide bonds. The molecule has 0 saturated carbocycles. The smallest absolute Gasteiger partial charge is 0.335 e. The molecule has 1 saturated heterocycles. The molecule has 1 fully saturated rings. The molecule has 7 rings (SSSR count). The number of imidazole rings is 1. The molecule has 0 bridgehead atoms. The normalized spacial score (nSPS) is 17.0. The Morgan fingerprint density at radius 3 is 2.50 bits per heavy atom. The Kier molecular flexibility index (Phi) is 6.71. The average molecular weight is 598 g/mol. The number of nitrogens with zero attached hydrogens (tertiary/aromatic N) is 3. The minimum atomic E-state index is -1.15. The van der Waals surface area contributed by atoms with Crippen LogP contribution >= 0.6 is 0 Å². The lowest BCUT2D eigenvalue weighted by molar-refractivity contribution is -0.0589. The largest absolute Gasteiger partial charge is 0.478 e. The van der Waals surface area contributed by atoms with E-state index in [9.17, 15) is 14.3 Å². The molecule has 4 aromatic carbocycles. The fourth-order valence-electron chi connectivity index (χ4n) is 5.48. The number of ether oxygens (including phenoxy) is 3. The topological polar surface area (TPSA) is 107 Å². The molecule has 1 aromatic heterocycles. The molecule has 2 aliphatic rings. The van der Waals surface area contributed by atoms with Crippen molar-refractivity contribution in [2.75, 3.05) is 6.61 Å². The van der Waals surface area contributed by atoms with Gasteiger partial charge in [0.2, 0.25) is 0 Å². The monoisotopic (exact) mass is 597 g/mol. The van der Waals surface area contributed by atoms with E-state index >= 15 is 8.78 Å². The molecule has 2 atom stereocenters. The number of nitriles is 1. The summed E-state index contributed by atoms with van der Waals surface area (Å²) >= 11 is 0. The average Bonchev–Trinajstić information content (AvgIpc) is 3.57. The number of carboxylic acid groups (broad SMARTS) is 1. The zero-order chi connectivity index (χ0) is 30.5. The minimum Gasteiger partial charge on any atom is -0.478 e. The van der Waals surface area contributed by atoms with Crippen LogP contribution in [-0.4, -0.2) is 33.3 Å². The molecule has 0 radical (unpaired) electrons. The number of carbonyl (C=O) groups is 1. The van der Waals surface area contributed by atoms with Crippen LogP contribution < -0.4 is 9.47 Å². The fraction of sp³-hybridized carbons (Fsp3) is 0.182. The summed E-state index contributed by atoms with van der Waals surface area (Å²) in [6.07, 6.45) is -0.641. The lowest BCUT2D eigenvalue weighted by atomic mass is 10.00. The molecule has 8 nitrogen and oxygen atoms in total. The summed E-state index contributed by atoms with van der Waals surface area (Å²) in [5.74, 6) is -2.55. The summed E-state index contributed by atoms with van der Waals surface area (Å²) in [7, 11) is 0. The third-order valence-electron chi connectivity index (χ3n) is 7.86. The first kappa shape index (κ1) is 27.5. The highest BCUT2D eigenvalue weighted by molar-refractivity contribution is 5.92. The van der Waals surface area contributed by atoms with Gasteiger partial charge in [0, 0.05) is 24.2 Å². The maximum Gasteiger partial charge on any atom is 0.335 e. The SMILES string of the molecule is N#Cc1ccc(C2Oc3cccc(-c4cc(F)c(Cc5nc6ccc(C(=O)O)cc6n5C[C@@H]5CCO5)c(F)c4)c3O2)c(F)c1. The lowest BCUT2D eigenvalue weighted by Crippen LogP contribution is -2.31. The first-order valence-electron chi connectivity index (χ1n) is 13.8. The van der Waals surface area contributed by atoms with E-state index in [0.29, 0.717) is 35.6 Å². The van der Waals surface area contributed by atoms with Gasteiger partial charge in [-0.3, -0.25) is 0 Å². The quantitative estimate of drug-likeness (QED) is 0.227. The predicted molar refractivity (Wildman–Crippen MR) is 151 cm³/mol. The summed E-state index contributed by atoms with van der Waals surface area (Å²) in [6, 6.07) is 17.5. The van der Waals surface area contributed by atoms with Gasteiger partial charge in [0.25, 0.3) is 6.29 Å². The summed E-state index contributed by atoms with van der Waals surface area (Å²) < 4.78 is 65.0. The fourth-order valence-corrected chi connectivity index (χ4v) is 5.48. The van der Waals surface area contributed by atoms with Crippen LogP contribution in [0.1, 0.15) is 45.6 Å². The summed E-state index contributed by atoms with van der Waals surface area (Å²) in [6.45, 7) is 0.976. The molecule has 1 unspecified atom stereocenters. The third kappa shape index (κ3) is 4.79. The van der Waals surface area contributed by atoms with Crippen molar-refractivity contribution in [3.63, 3.8) is 0 Å². The molecule has 11 heteroatoms. The summed E-state index contributed by atoms with van der Waals surface area (Å²) in [5, 5.41) is 18.5. The summed E-state index contributed by atoms with van der Waals surface area (Å²) in [4.78, 5) is 16.2. The zero-order valence-corrected chi connectivity index (χ0v) is 22.9. The highest BCUT2D eigenvalue weighted by Gasteiger charge is 2.31. The number of para-hydroxylation sites is 1. The number of fused-ring (bicyclic) bond motifs is 2. The number of benzene rings is 4. The van der Waals surface area contributed by atoms with E-state index < -0.39 is 29.7 Å². The number of aromatic carboxylic acids is 1. The van der Waals surface area contributed by atoms with Gasteiger partial charge in [0.05, 0.1) is 46.4 Å². The third-order valence-corrected chi connectivity index (χ3v) is 7.86. The van der Waals surface area contributed by atoms with E-state index in [1.807, 2.05) is 6.07 Å². The number of carboxylic acids is 1. The number of aromatic nitrogens is 2. The number of hydrogen-bond donors (Lipinski definition) is 1. The molecule has 0 aliphatic carbocycles. The highest BCUT2D eigenvalue weighted by atomic mass is 19.1. The van der Waals surface area contributed by atoms with Crippen molar-refractivity contribution in [1.29, 1.82) is 5.26 Å². The van der Waals surface area contributed by atoms with Gasteiger partial charge in [0.1, 0.15) is 23.3 Å². The highest BCUT2D eigenvalue weighted by Crippen LogP contribution is 2.47. The predicted octanol–water partition coefficient (Wildman–Crippen LogP) is 6.54. The van der Waals surface area contributed by atoms with Crippen LogP contribution in [0.25, 0.3) is 22.2 Å². The van der Waals surface area contributed by atoms with Gasteiger partial charge >= 0.3 is 5.97 Å². The molecular formula is C33H22F3N3O5. The maximum absolute atomic E-state index is 15.7. The van der Waals surface area contributed by atoms with E-state index in [2.05, 4.69) is 4.98 Å². The van der Waals surface area contributed by atoms with Crippen molar-refractivity contribution in [3.05, 3.63) is 112 Å². The van der Waals surface area contributed by atoms with Gasteiger partial charge < -0.3 is 23.9 Å². The van der Waals surface area contributed by atoms with Crippen LogP contribution in [0.15, 0.2) is 66.7 Å². The van der Waals surface area contributed by atoms with Gasteiger partial charge in [-0.05, 0) is 66.6 Å². The van der Waals surface area contributed by atoms with Gasteiger partial charge in [-0.25, -0.2) is 22.9 Å². The standard InChI is InChI=1S/C33H22F3N3O5/c34-24-10-17(15-37)4-6-22(24)33-43-29-3-1-2-21(31(29)44-33)19-11-25(35)23(26(36)12-19)14-30-38-27-7-5-18(32(40)41)13-28(27)39(30)16-20-8-9-42-20/h1-7,10-13,20,33H,8-9,14,16H2,(H,40,41)/t20-,33?/m0/s1. The Morgan fingerprint density at radius 2 is 1.82 bits per heavy atom. The van der Waals surface area contributed by atoms with E-state index in [-0.39, 0.29) is 51.8 Å². The Hall–Kier alpha value is -5.34. The van der Waals surface area contributed by atoms with Gasteiger partial charge in [0.15, 0.2) is 11.5 Å². The number of halogens is 3. The number of rotatable bonds is 7. The molecule has 220 valence electrons. The molecule has 3 heterocycles. The van der Waals surface area contributed by atoms with E-state index in [1.165, 1.54) is 36.4 Å². The molecular weight excluding hydrogens is 575 g/mol. The van der Waals surface area contributed by atoms with Crippen LogP contribution in [0.4, 0.5) is 13.2 Å². The van der Waals surface area contributed by atoms with Crippen molar-refractivity contribution in [3.8, 4) is 28.7 Å². The van der Waals surface area contributed by atoms with Crippen molar-refractivity contribution >= 4 is 17.0 Å². The lowest BCUT2D eigenvalue weighted by Gasteiger charge is -2.27. The van der Waals surface area contributed by atoms with Crippen molar-refractivity contribution in [2.45, 2.75) is 31.8 Å². The second kappa shape index (κ2) is 10.7. The Bertz CT molecular complexity index is 1990. The van der Waals surface area contributed by atoms with Crippen LogP contribution in [0.5, 0.6) is 11.5 Å². The van der Waals surface area contributed by atoms with Crippen LogP contribution in [0.3, 0.4) is 0 Å². The van der Waals surface area contributed by atoms with E-state index in [1.54, 1.807) is 28.8 Å². The van der Waals surface area contributed by atoms with Crippen LogP contribution in [-0.2, 0) is 17.7 Å². The van der Waals surface area contributed by atoms with E-state index in [4.69, 9.17) is 19.5 Å². The van der Waals surface area contributed by atoms with Crippen molar-refractivity contribution in [2.24, 2.45) is 0 Å². The molecule has 2 aliphatic heterocycles. The van der Waals surface area contributed by atoms with Gasteiger partial charge in [-0.15, -0.1) is 0 Å². The Balaban J connectivity index is 1.21. The van der Waals surface area contributed by atoms with Gasteiger partial charge in [-0.2, -0.15) is 5.26 Å². The first-order valence-corrected chi connectivity index (χ1v) is 13.8. The second-order valence-electron chi connectivity index (χ2n) is 10.6. The second-order valence-corrected chi connectivity index (χ2v) is 10.6. The zero-order valence-electron chi connectivity index (χ0n) is 22.9. The molecule has 1 N–H and O–H groups in total. The van der Waals surface area contributed by atoms with E-state index in [0.717, 1.165) is 12.5 Å². The van der Waals surface area contributed by atoms with Crippen LogP contribution in [0.2, 0.25) is 0 Å². The van der Waals surface area contributed by atoms with Gasteiger partial charge in [-0.1, -0.05) is 12.1 Å². The maximum atomic E-state index is 15.7. The van der Waals surface area contributed by atoms with Crippen molar-refractivity contribution < 1.29 is 37.3 Å². The number of hydrogen-bond acceptors (Lipinski definition) is 6. The molecule has 0 spiro atoms. The molecule has 5 aromatic rings. The summed E-state index contributed by atoms with van der Waals surface area (Å²) in [5.41, 5.74) is 1.67.